The van der Waals surface area contributed by atoms with Crippen LogP contribution in [0.5, 0.6) is 0 Å². The van der Waals surface area contributed by atoms with Gasteiger partial charge >= 0.3 is 0 Å². The molecule has 4 saturated heterocycles. The normalized spacial score (nSPS) is 49.5. The minimum Gasteiger partial charge on any atom is -0.391 e. The van der Waals surface area contributed by atoms with Crippen molar-refractivity contribution in [3.8, 4) is 0 Å². The molecule has 0 spiro atoms. The Morgan fingerprint density at radius 1 is 0.833 bits per heavy atom. The van der Waals surface area contributed by atoms with Gasteiger partial charge in [0, 0.05) is 25.2 Å². The highest BCUT2D eigenvalue weighted by Crippen LogP contribution is 2.42. The summed E-state index contributed by atoms with van der Waals surface area (Å²) >= 11 is 0. The number of aliphatic hydroxyl groups is 1. The van der Waals surface area contributed by atoms with Crippen LogP contribution in [0, 0.1) is 11.8 Å². The maximum atomic E-state index is 10.4. The molecule has 2 bridgehead atoms. The Kier molecular flexibility index (Phi) is 2.90. The Balaban J connectivity index is 1.58. The van der Waals surface area contributed by atoms with E-state index in [1.54, 1.807) is 0 Å². The molecule has 0 aromatic heterocycles. The molecule has 4 rings (SSSR count). The van der Waals surface area contributed by atoms with Gasteiger partial charge in [-0.2, -0.15) is 0 Å². The zero-order chi connectivity index (χ0) is 12.1. The molecule has 0 aromatic rings. The second kappa shape index (κ2) is 4.46. The Bertz CT molecular complexity index is 322. The number of rotatable bonds is 0. The molecule has 3 heteroatoms. The van der Waals surface area contributed by atoms with Crippen LogP contribution in [-0.2, 0) is 0 Å². The van der Waals surface area contributed by atoms with Crippen LogP contribution in [0.25, 0.3) is 0 Å². The number of fused-ring (bicyclic) bond motifs is 6. The quantitative estimate of drug-likeness (QED) is 0.702. The van der Waals surface area contributed by atoms with Crippen LogP contribution in [0.4, 0.5) is 0 Å². The lowest BCUT2D eigenvalue weighted by Crippen LogP contribution is -2.66. The van der Waals surface area contributed by atoms with Crippen LogP contribution >= 0.6 is 0 Å². The fourth-order valence-electron chi connectivity index (χ4n) is 5.34. The molecule has 5 atom stereocenters. The zero-order valence-electron chi connectivity index (χ0n) is 11.3. The minimum absolute atomic E-state index is 0.0500. The van der Waals surface area contributed by atoms with Crippen molar-refractivity contribution in [3.05, 3.63) is 0 Å². The Morgan fingerprint density at radius 2 is 1.67 bits per heavy atom. The van der Waals surface area contributed by atoms with Gasteiger partial charge in [0.25, 0.3) is 0 Å². The Hall–Kier alpha value is -0.120. The monoisotopic (exact) mass is 250 g/mol. The first kappa shape index (κ1) is 11.7. The van der Waals surface area contributed by atoms with Crippen molar-refractivity contribution >= 4 is 0 Å². The maximum Gasteiger partial charge on any atom is 0.0699 e. The van der Waals surface area contributed by atoms with Gasteiger partial charge in [0.15, 0.2) is 0 Å². The van der Waals surface area contributed by atoms with Crippen LogP contribution in [0.2, 0.25) is 0 Å². The lowest BCUT2D eigenvalue weighted by atomic mass is 9.70. The molecule has 0 aliphatic carbocycles. The maximum absolute atomic E-state index is 10.4. The molecule has 4 aliphatic rings. The summed E-state index contributed by atoms with van der Waals surface area (Å²) in [4.78, 5) is 5.40. The van der Waals surface area contributed by atoms with Crippen LogP contribution in [0.15, 0.2) is 0 Å². The molecule has 4 heterocycles. The Morgan fingerprint density at radius 3 is 2.61 bits per heavy atom. The van der Waals surface area contributed by atoms with Crippen molar-refractivity contribution in [2.45, 2.75) is 56.7 Å². The van der Waals surface area contributed by atoms with E-state index in [-0.39, 0.29) is 6.10 Å². The van der Waals surface area contributed by atoms with Gasteiger partial charge in [0.05, 0.1) is 6.10 Å². The van der Waals surface area contributed by atoms with E-state index in [1.807, 2.05) is 0 Å². The van der Waals surface area contributed by atoms with E-state index in [2.05, 4.69) is 9.80 Å². The molecule has 0 radical (unpaired) electrons. The van der Waals surface area contributed by atoms with E-state index < -0.39 is 0 Å². The largest absolute Gasteiger partial charge is 0.391 e. The fourth-order valence-corrected chi connectivity index (χ4v) is 5.34. The first-order valence-electron chi connectivity index (χ1n) is 7.99. The lowest BCUT2D eigenvalue weighted by Gasteiger charge is -2.58. The molecule has 0 aromatic carbocycles. The summed E-state index contributed by atoms with van der Waals surface area (Å²) in [5, 5.41) is 10.4. The van der Waals surface area contributed by atoms with E-state index in [0.29, 0.717) is 6.04 Å². The molecule has 0 saturated carbocycles. The smallest absolute Gasteiger partial charge is 0.0699 e. The van der Waals surface area contributed by atoms with E-state index in [0.717, 1.165) is 24.3 Å². The van der Waals surface area contributed by atoms with Crippen molar-refractivity contribution in [1.29, 1.82) is 0 Å². The van der Waals surface area contributed by atoms with Gasteiger partial charge in [-0.15, -0.1) is 0 Å². The average Bonchev–Trinajstić information content (AvgIpc) is 2.39. The zero-order valence-corrected chi connectivity index (χ0v) is 11.3. The highest BCUT2D eigenvalue weighted by Gasteiger charge is 2.48. The summed E-state index contributed by atoms with van der Waals surface area (Å²) in [5.74, 6) is 1.64. The molecule has 5 unspecified atom stereocenters. The van der Waals surface area contributed by atoms with Crippen molar-refractivity contribution in [3.63, 3.8) is 0 Å². The number of hydrogen-bond acceptors (Lipinski definition) is 3. The third-order valence-electron chi connectivity index (χ3n) is 6.00. The van der Waals surface area contributed by atoms with Crippen molar-refractivity contribution < 1.29 is 5.11 Å². The molecule has 3 nitrogen and oxygen atoms in total. The predicted octanol–water partition coefficient (Wildman–Crippen LogP) is 1.32. The second-order valence-corrected chi connectivity index (χ2v) is 7.01. The molecule has 18 heavy (non-hydrogen) atoms. The van der Waals surface area contributed by atoms with Crippen LogP contribution in [-0.4, -0.2) is 59.3 Å². The number of hydrogen-bond donors (Lipinski definition) is 1. The van der Waals surface area contributed by atoms with Crippen LogP contribution in [0.1, 0.15) is 38.5 Å². The second-order valence-electron chi connectivity index (χ2n) is 7.01. The van der Waals surface area contributed by atoms with Crippen molar-refractivity contribution in [2.24, 2.45) is 11.8 Å². The molecular formula is C15H26N2O. The average molecular weight is 250 g/mol. The standard InChI is InChI=1S/C15H26N2O/c18-14-5-3-7-17-9-11-8-12(15(14)17)10-16-6-2-1-4-13(11)16/h11-15,18H,1-10H2. The molecule has 4 aliphatic heterocycles. The molecule has 4 fully saturated rings. The third kappa shape index (κ3) is 1.75. The summed E-state index contributed by atoms with van der Waals surface area (Å²) in [6, 6.07) is 1.35. The molecule has 102 valence electrons. The molecule has 1 N–H and O–H groups in total. The summed E-state index contributed by atoms with van der Waals surface area (Å²) in [5.41, 5.74) is 0. The molecule has 0 amide bonds. The van der Waals surface area contributed by atoms with Gasteiger partial charge in [-0.3, -0.25) is 9.80 Å². The summed E-state index contributed by atoms with van der Waals surface area (Å²) < 4.78 is 0. The van der Waals surface area contributed by atoms with Gasteiger partial charge in [-0.25, -0.2) is 0 Å². The summed E-state index contributed by atoms with van der Waals surface area (Å²) in [6.45, 7) is 5.08. The summed E-state index contributed by atoms with van der Waals surface area (Å²) in [7, 11) is 0. The Labute approximate surface area is 110 Å². The predicted molar refractivity (Wildman–Crippen MR) is 71.4 cm³/mol. The van der Waals surface area contributed by atoms with Gasteiger partial charge in [-0.1, -0.05) is 6.42 Å². The summed E-state index contributed by atoms with van der Waals surface area (Å²) in [6.07, 6.45) is 7.84. The topological polar surface area (TPSA) is 26.7 Å². The van der Waals surface area contributed by atoms with E-state index in [4.69, 9.17) is 0 Å². The third-order valence-corrected chi connectivity index (χ3v) is 6.00. The van der Waals surface area contributed by atoms with E-state index in [9.17, 15) is 5.11 Å². The van der Waals surface area contributed by atoms with E-state index in [1.165, 1.54) is 58.3 Å². The highest BCUT2D eigenvalue weighted by molar-refractivity contribution is 5.02. The number of nitrogens with zero attached hydrogens (tertiary/aromatic N) is 2. The fraction of sp³-hybridized carbons (Fsp3) is 1.00. The van der Waals surface area contributed by atoms with Gasteiger partial charge in [0.1, 0.15) is 0 Å². The first-order chi connectivity index (χ1) is 8.83. The van der Waals surface area contributed by atoms with Gasteiger partial charge < -0.3 is 5.11 Å². The first-order valence-corrected chi connectivity index (χ1v) is 7.99. The van der Waals surface area contributed by atoms with Crippen molar-refractivity contribution in [2.75, 3.05) is 26.2 Å². The number of aliphatic hydroxyl groups excluding tert-OH is 1. The van der Waals surface area contributed by atoms with Crippen LogP contribution < -0.4 is 0 Å². The van der Waals surface area contributed by atoms with E-state index >= 15 is 0 Å². The number of piperidine rings is 4. The van der Waals surface area contributed by atoms with Gasteiger partial charge in [-0.05, 0) is 57.0 Å². The van der Waals surface area contributed by atoms with Crippen LogP contribution in [0.3, 0.4) is 0 Å². The lowest BCUT2D eigenvalue weighted by molar-refractivity contribution is -0.111. The highest BCUT2D eigenvalue weighted by atomic mass is 16.3. The minimum atomic E-state index is -0.0500. The van der Waals surface area contributed by atoms with Crippen molar-refractivity contribution in [1.82, 2.24) is 9.80 Å². The molecular weight excluding hydrogens is 224 g/mol. The SMILES string of the molecule is OC1CCCN2CC3CC(CN4CCCCC34)C12. The van der Waals surface area contributed by atoms with Gasteiger partial charge in [0.2, 0.25) is 0 Å².